The molecule has 0 radical (unpaired) electrons. The second kappa shape index (κ2) is 3.01. The van der Waals surface area contributed by atoms with Crippen molar-refractivity contribution in [2.75, 3.05) is 20.8 Å². The van der Waals surface area contributed by atoms with Gasteiger partial charge in [-0.05, 0) is 6.42 Å². The minimum absolute atomic E-state index is 0.238. The molecule has 3 nitrogen and oxygen atoms in total. The molecule has 3 heteroatoms. The standard InChI is InChI=1S/C7H13NO2/c1-8-6(5-10-2)3-4-7(8)9/h6H,3-5H2,1-2H3. The van der Waals surface area contributed by atoms with Crippen LogP contribution in [-0.2, 0) is 9.53 Å². The Morgan fingerprint density at radius 1 is 1.80 bits per heavy atom. The Kier molecular flexibility index (Phi) is 2.27. The van der Waals surface area contributed by atoms with E-state index >= 15 is 0 Å². The normalized spacial score (nSPS) is 26.0. The van der Waals surface area contributed by atoms with Crippen LogP contribution in [0.4, 0.5) is 0 Å². The molecule has 1 rings (SSSR count). The van der Waals surface area contributed by atoms with Gasteiger partial charge in [0.1, 0.15) is 0 Å². The molecule has 0 aromatic rings. The van der Waals surface area contributed by atoms with Crippen LogP contribution >= 0.6 is 0 Å². The zero-order valence-corrected chi connectivity index (χ0v) is 6.46. The van der Waals surface area contributed by atoms with E-state index in [9.17, 15) is 4.79 Å². The van der Waals surface area contributed by atoms with Crippen molar-refractivity contribution in [2.24, 2.45) is 0 Å². The summed E-state index contributed by atoms with van der Waals surface area (Å²) in [6.07, 6.45) is 1.63. The summed E-state index contributed by atoms with van der Waals surface area (Å²) in [5, 5.41) is 0. The summed E-state index contributed by atoms with van der Waals surface area (Å²) in [4.78, 5) is 12.7. The first-order chi connectivity index (χ1) is 4.75. The summed E-state index contributed by atoms with van der Waals surface area (Å²) >= 11 is 0. The van der Waals surface area contributed by atoms with Gasteiger partial charge in [-0.2, -0.15) is 0 Å². The van der Waals surface area contributed by atoms with E-state index in [2.05, 4.69) is 0 Å². The highest BCUT2D eigenvalue weighted by molar-refractivity contribution is 5.78. The van der Waals surface area contributed by atoms with E-state index in [-0.39, 0.29) is 5.91 Å². The van der Waals surface area contributed by atoms with E-state index in [1.807, 2.05) is 7.05 Å². The van der Waals surface area contributed by atoms with Gasteiger partial charge in [0, 0.05) is 20.6 Å². The van der Waals surface area contributed by atoms with E-state index in [0.29, 0.717) is 19.1 Å². The van der Waals surface area contributed by atoms with Gasteiger partial charge < -0.3 is 9.64 Å². The first-order valence-electron chi connectivity index (χ1n) is 3.50. The van der Waals surface area contributed by atoms with Crippen molar-refractivity contribution >= 4 is 5.91 Å². The Hall–Kier alpha value is -0.570. The number of carbonyl (C=O) groups is 1. The van der Waals surface area contributed by atoms with Crippen molar-refractivity contribution in [3.05, 3.63) is 0 Å². The molecule has 0 spiro atoms. The van der Waals surface area contributed by atoms with Gasteiger partial charge in [0.05, 0.1) is 12.6 Å². The number of hydrogen-bond donors (Lipinski definition) is 0. The van der Waals surface area contributed by atoms with E-state index < -0.39 is 0 Å². The van der Waals surface area contributed by atoms with E-state index in [4.69, 9.17) is 4.74 Å². The molecule has 1 aliphatic heterocycles. The largest absolute Gasteiger partial charge is 0.383 e. The lowest BCUT2D eigenvalue weighted by Crippen LogP contribution is -2.31. The molecule has 1 amide bonds. The molecular weight excluding hydrogens is 130 g/mol. The maximum absolute atomic E-state index is 10.9. The van der Waals surface area contributed by atoms with Crippen molar-refractivity contribution in [1.29, 1.82) is 0 Å². The van der Waals surface area contributed by atoms with Gasteiger partial charge in [-0.1, -0.05) is 0 Å². The number of likely N-dealkylation sites (N-methyl/N-ethyl adjacent to an activating group) is 1. The Morgan fingerprint density at radius 3 is 2.90 bits per heavy atom. The molecule has 0 aromatic carbocycles. The monoisotopic (exact) mass is 143 g/mol. The number of rotatable bonds is 2. The minimum atomic E-state index is 0.238. The molecule has 1 saturated heterocycles. The van der Waals surface area contributed by atoms with Gasteiger partial charge in [0.2, 0.25) is 5.91 Å². The molecule has 10 heavy (non-hydrogen) atoms. The van der Waals surface area contributed by atoms with Crippen LogP contribution in [0.25, 0.3) is 0 Å². The van der Waals surface area contributed by atoms with Gasteiger partial charge in [0.25, 0.3) is 0 Å². The number of carbonyl (C=O) groups excluding carboxylic acids is 1. The average molecular weight is 143 g/mol. The quantitative estimate of drug-likeness (QED) is 0.554. The van der Waals surface area contributed by atoms with Crippen LogP contribution in [0.3, 0.4) is 0 Å². The highest BCUT2D eigenvalue weighted by Crippen LogP contribution is 2.15. The van der Waals surface area contributed by atoms with Gasteiger partial charge in [-0.3, -0.25) is 4.79 Å². The maximum Gasteiger partial charge on any atom is 0.222 e. The molecule has 1 atom stereocenters. The summed E-state index contributed by atoms with van der Waals surface area (Å²) < 4.78 is 4.95. The number of nitrogens with zero attached hydrogens (tertiary/aromatic N) is 1. The second-order valence-electron chi connectivity index (χ2n) is 2.65. The van der Waals surface area contributed by atoms with Gasteiger partial charge in [-0.15, -0.1) is 0 Å². The lowest BCUT2D eigenvalue weighted by molar-refractivity contribution is -0.128. The molecule has 0 bridgehead atoms. The fourth-order valence-corrected chi connectivity index (χ4v) is 1.25. The first-order valence-corrected chi connectivity index (χ1v) is 3.50. The first kappa shape index (κ1) is 7.54. The fourth-order valence-electron chi connectivity index (χ4n) is 1.25. The number of methoxy groups -OCH3 is 1. The summed E-state index contributed by atoms with van der Waals surface area (Å²) in [7, 11) is 3.50. The summed E-state index contributed by atoms with van der Waals surface area (Å²) in [6, 6.07) is 0.317. The minimum Gasteiger partial charge on any atom is -0.383 e. The molecule has 1 aliphatic rings. The van der Waals surface area contributed by atoms with Gasteiger partial charge >= 0.3 is 0 Å². The zero-order valence-electron chi connectivity index (χ0n) is 6.46. The lowest BCUT2D eigenvalue weighted by Gasteiger charge is -2.18. The lowest BCUT2D eigenvalue weighted by atomic mass is 10.2. The van der Waals surface area contributed by atoms with Crippen LogP contribution in [0, 0.1) is 0 Å². The summed E-state index contributed by atoms with van der Waals surface area (Å²) in [5.41, 5.74) is 0. The maximum atomic E-state index is 10.9. The molecule has 58 valence electrons. The number of ether oxygens (including phenoxy) is 1. The third-order valence-electron chi connectivity index (χ3n) is 1.99. The highest BCUT2D eigenvalue weighted by Gasteiger charge is 2.26. The van der Waals surface area contributed by atoms with Crippen LogP contribution in [0.2, 0.25) is 0 Å². The van der Waals surface area contributed by atoms with Crippen LogP contribution < -0.4 is 0 Å². The molecule has 1 fully saturated rings. The predicted octanol–water partition coefficient (Wildman–Crippen LogP) is 0.254. The van der Waals surface area contributed by atoms with Crippen molar-refractivity contribution in [2.45, 2.75) is 18.9 Å². The van der Waals surface area contributed by atoms with Gasteiger partial charge in [0.15, 0.2) is 0 Å². The third kappa shape index (κ3) is 1.29. The topological polar surface area (TPSA) is 29.5 Å². The number of likely N-dealkylation sites (tertiary alicyclic amines) is 1. The zero-order chi connectivity index (χ0) is 7.56. The van der Waals surface area contributed by atoms with Crippen LogP contribution in [0.5, 0.6) is 0 Å². The summed E-state index contributed by atoms with van der Waals surface area (Å²) in [6.45, 7) is 0.669. The molecule has 0 saturated carbocycles. The number of amides is 1. The Bertz CT molecular complexity index is 136. The van der Waals surface area contributed by atoms with Crippen molar-refractivity contribution in [1.82, 2.24) is 4.90 Å². The fraction of sp³-hybridized carbons (Fsp3) is 0.857. The van der Waals surface area contributed by atoms with E-state index in [1.54, 1.807) is 12.0 Å². The second-order valence-corrected chi connectivity index (χ2v) is 2.65. The van der Waals surface area contributed by atoms with Crippen molar-refractivity contribution in [3.8, 4) is 0 Å². The molecule has 0 aliphatic carbocycles. The smallest absolute Gasteiger partial charge is 0.222 e. The average Bonchev–Trinajstić information content (AvgIpc) is 2.20. The van der Waals surface area contributed by atoms with Crippen LogP contribution in [-0.4, -0.2) is 37.6 Å². The Balaban J connectivity index is 2.41. The third-order valence-corrected chi connectivity index (χ3v) is 1.99. The molecule has 1 heterocycles. The van der Waals surface area contributed by atoms with E-state index in [0.717, 1.165) is 6.42 Å². The predicted molar refractivity (Wildman–Crippen MR) is 37.7 cm³/mol. The van der Waals surface area contributed by atoms with E-state index in [1.165, 1.54) is 0 Å². The number of hydrogen-bond acceptors (Lipinski definition) is 2. The Morgan fingerprint density at radius 2 is 2.50 bits per heavy atom. The Labute approximate surface area is 61.0 Å². The van der Waals surface area contributed by atoms with Crippen molar-refractivity contribution < 1.29 is 9.53 Å². The summed E-state index contributed by atoms with van der Waals surface area (Å²) in [5.74, 6) is 0.238. The van der Waals surface area contributed by atoms with Crippen LogP contribution in [0.15, 0.2) is 0 Å². The van der Waals surface area contributed by atoms with Crippen molar-refractivity contribution in [3.63, 3.8) is 0 Å². The molecule has 0 aromatic heterocycles. The molecular formula is C7H13NO2. The molecule has 1 unspecified atom stereocenters. The highest BCUT2D eigenvalue weighted by atomic mass is 16.5. The van der Waals surface area contributed by atoms with Gasteiger partial charge in [-0.25, -0.2) is 0 Å². The van der Waals surface area contributed by atoms with Crippen LogP contribution in [0.1, 0.15) is 12.8 Å². The SMILES string of the molecule is COCC1CCC(=O)N1C. The molecule has 0 N–H and O–H groups in total.